The molecular weight excluding hydrogens is 462 g/mol. The van der Waals surface area contributed by atoms with Crippen LogP contribution in [-0.4, -0.2) is 55.2 Å². The minimum Gasteiger partial charge on any atom is -0.383 e. The summed E-state index contributed by atoms with van der Waals surface area (Å²) >= 11 is 0. The molecule has 4 heterocycles. The number of imidazole rings is 1. The van der Waals surface area contributed by atoms with Crippen LogP contribution in [0.2, 0.25) is 0 Å². The maximum atomic E-state index is 13.1. The molecule has 0 saturated heterocycles. The molecule has 1 N–H and O–H groups in total. The number of H-pyrrole nitrogens is 1. The first-order valence-corrected chi connectivity index (χ1v) is 11.9. The number of fused-ring (bicyclic) bond motifs is 1. The van der Waals surface area contributed by atoms with Gasteiger partial charge in [0.25, 0.3) is 11.5 Å². The third kappa shape index (κ3) is 4.82. The fourth-order valence-corrected chi connectivity index (χ4v) is 3.98. The molecule has 0 unspecified atom stereocenters. The number of carbonyl (C=O) groups is 1. The summed E-state index contributed by atoms with van der Waals surface area (Å²) in [7, 11) is 1.57. The van der Waals surface area contributed by atoms with E-state index in [1.807, 2.05) is 13.8 Å². The minimum atomic E-state index is -0.389. The van der Waals surface area contributed by atoms with E-state index in [1.165, 1.54) is 20.2 Å². The number of anilines is 1. The summed E-state index contributed by atoms with van der Waals surface area (Å²) < 4.78 is 7.96. The molecule has 0 atom stereocenters. The Morgan fingerprint density at radius 1 is 1.08 bits per heavy atom. The molecular formula is C25H29N7O4. The zero-order valence-corrected chi connectivity index (χ0v) is 20.6. The molecule has 36 heavy (non-hydrogen) atoms. The van der Waals surface area contributed by atoms with E-state index < -0.39 is 0 Å². The smallest absolute Gasteiger partial charge is 0.332 e. The highest BCUT2D eigenvalue weighted by Gasteiger charge is 2.20. The van der Waals surface area contributed by atoms with Gasteiger partial charge in [0.05, 0.1) is 18.7 Å². The highest BCUT2D eigenvalue weighted by atomic mass is 16.5. The Hall–Kier alpha value is -4.12. The number of rotatable bonds is 10. The van der Waals surface area contributed by atoms with Crippen LogP contribution >= 0.6 is 0 Å². The van der Waals surface area contributed by atoms with Gasteiger partial charge < -0.3 is 9.72 Å². The molecule has 0 aliphatic carbocycles. The molecule has 0 aliphatic heterocycles. The Morgan fingerprint density at radius 3 is 2.50 bits per heavy atom. The second-order valence-corrected chi connectivity index (χ2v) is 8.27. The lowest BCUT2D eigenvalue weighted by molar-refractivity contribution is 0.0974. The first-order valence-electron chi connectivity index (χ1n) is 11.9. The Kier molecular flexibility index (Phi) is 7.69. The van der Waals surface area contributed by atoms with Crippen molar-refractivity contribution < 1.29 is 9.53 Å². The van der Waals surface area contributed by atoms with Gasteiger partial charge in [-0.1, -0.05) is 13.8 Å². The summed E-state index contributed by atoms with van der Waals surface area (Å²) in [5.41, 5.74) is 0.919. The predicted molar refractivity (Wildman–Crippen MR) is 136 cm³/mol. The summed E-state index contributed by atoms with van der Waals surface area (Å²) in [6.45, 7) is 5.31. The van der Waals surface area contributed by atoms with Gasteiger partial charge >= 0.3 is 5.69 Å². The van der Waals surface area contributed by atoms with E-state index in [0.717, 1.165) is 6.42 Å². The second-order valence-electron chi connectivity index (χ2n) is 8.27. The number of aromatic nitrogens is 6. The van der Waals surface area contributed by atoms with Crippen LogP contribution in [-0.2, 0) is 17.8 Å². The number of hydrogen-bond donors (Lipinski definition) is 1. The van der Waals surface area contributed by atoms with Crippen molar-refractivity contribution in [1.82, 2.24) is 29.1 Å². The lowest BCUT2D eigenvalue weighted by Crippen LogP contribution is -2.40. The van der Waals surface area contributed by atoms with Crippen molar-refractivity contribution in [2.45, 2.75) is 39.8 Å². The Balaban J connectivity index is 1.73. The molecule has 11 heteroatoms. The fourth-order valence-electron chi connectivity index (χ4n) is 3.98. The van der Waals surface area contributed by atoms with Gasteiger partial charge in [0, 0.05) is 44.4 Å². The molecule has 1 amide bonds. The quantitative estimate of drug-likeness (QED) is 0.361. The van der Waals surface area contributed by atoms with Gasteiger partial charge in [0.2, 0.25) is 0 Å². The van der Waals surface area contributed by atoms with E-state index in [-0.39, 0.29) is 22.7 Å². The Bertz CT molecular complexity index is 1460. The average Bonchev–Trinajstić information content (AvgIpc) is 3.35. The summed E-state index contributed by atoms with van der Waals surface area (Å²) in [6, 6.07) is 6.87. The summed E-state index contributed by atoms with van der Waals surface area (Å²) in [6.07, 6.45) is 6.08. The van der Waals surface area contributed by atoms with Gasteiger partial charge in [0.15, 0.2) is 5.65 Å². The maximum absolute atomic E-state index is 13.1. The number of carbonyl (C=O) groups excluding carboxylic acids is 1. The number of hydrogen-bond acceptors (Lipinski definition) is 7. The summed E-state index contributed by atoms with van der Waals surface area (Å²) in [4.78, 5) is 56.7. The van der Waals surface area contributed by atoms with Crippen molar-refractivity contribution in [3.05, 3.63) is 69.3 Å². The Morgan fingerprint density at radius 2 is 1.86 bits per heavy atom. The topological polar surface area (TPSA) is 128 Å². The van der Waals surface area contributed by atoms with Crippen molar-refractivity contribution in [2.24, 2.45) is 0 Å². The number of aryl methyl sites for hydroxylation is 1. The number of amides is 1. The molecule has 4 aromatic heterocycles. The van der Waals surface area contributed by atoms with Gasteiger partial charge in [-0.15, -0.1) is 0 Å². The fraction of sp³-hybridized carbons (Fsp3) is 0.360. The second kappa shape index (κ2) is 11.1. The van der Waals surface area contributed by atoms with Crippen molar-refractivity contribution in [3.63, 3.8) is 0 Å². The zero-order chi connectivity index (χ0) is 25.7. The number of aromatic amines is 1. The molecule has 0 spiro atoms. The van der Waals surface area contributed by atoms with E-state index in [1.54, 1.807) is 43.8 Å². The van der Waals surface area contributed by atoms with Crippen molar-refractivity contribution >= 4 is 22.9 Å². The van der Waals surface area contributed by atoms with E-state index in [0.29, 0.717) is 61.1 Å². The summed E-state index contributed by atoms with van der Waals surface area (Å²) in [5, 5.41) is 0. The summed E-state index contributed by atoms with van der Waals surface area (Å²) in [5.74, 6) is 0.611. The molecule has 4 aromatic rings. The highest BCUT2D eigenvalue weighted by molar-refractivity contribution is 6.05. The molecule has 0 aromatic carbocycles. The van der Waals surface area contributed by atoms with E-state index in [9.17, 15) is 14.4 Å². The van der Waals surface area contributed by atoms with Crippen LogP contribution in [0.1, 0.15) is 37.0 Å². The molecule has 188 valence electrons. The van der Waals surface area contributed by atoms with Crippen LogP contribution in [0.4, 0.5) is 5.82 Å². The third-order valence-electron chi connectivity index (χ3n) is 5.73. The number of nitrogens with one attached hydrogen (secondary N) is 1. The zero-order valence-electron chi connectivity index (χ0n) is 20.6. The molecule has 0 aliphatic rings. The lowest BCUT2D eigenvalue weighted by atomic mass is 10.2. The standard InChI is InChI=1S/C25H29N7O4/c1-4-11-31-22-20(24(34)32(12-5-2)25(31)35)28-21(29-22)17-8-9-19(27-16-17)30(13-14-36-3)23(33)18-7-6-10-26-15-18/h6-10,15-16H,4-5,11-14H2,1-3H3,(H,28,29). The molecule has 0 radical (unpaired) electrons. The molecule has 0 fully saturated rings. The van der Waals surface area contributed by atoms with Crippen molar-refractivity contribution in [3.8, 4) is 11.4 Å². The average molecular weight is 492 g/mol. The highest BCUT2D eigenvalue weighted by Crippen LogP contribution is 2.21. The van der Waals surface area contributed by atoms with Crippen LogP contribution in [0.3, 0.4) is 0 Å². The van der Waals surface area contributed by atoms with Gasteiger partial charge in [-0.2, -0.15) is 0 Å². The number of pyridine rings is 2. The van der Waals surface area contributed by atoms with Gasteiger partial charge in [-0.05, 0) is 37.1 Å². The Labute approximate surface area is 207 Å². The molecule has 4 rings (SSSR count). The van der Waals surface area contributed by atoms with Crippen LogP contribution in [0.25, 0.3) is 22.6 Å². The lowest BCUT2D eigenvalue weighted by Gasteiger charge is -2.21. The van der Waals surface area contributed by atoms with E-state index >= 15 is 0 Å². The van der Waals surface area contributed by atoms with Crippen molar-refractivity contribution in [2.75, 3.05) is 25.2 Å². The maximum Gasteiger partial charge on any atom is 0.332 e. The molecule has 11 nitrogen and oxygen atoms in total. The monoisotopic (exact) mass is 491 g/mol. The normalized spacial score (nSPS) is 11.2. The first-order chi connectivity index (χ1) is 17.5. The van der Waals surface area contributed by atoms with Crippen LogP contribution < -0.4 is 16.1 Å². The van der Waals surface area contributed by atoms with Crippen LogP contribution in [0.15, 0.2) is 52.4 Å². The molecule has 0 saturated carbocycles. The SMILES string of the molecule is CCCn1c(=O)c2[nH]c(-c3ccc(N(CCOC)C(=O)c4cccnc4)nc3)nc2n(CCC)c1=O. The van der Waals surface area contributed by atoms with Gasteiger partial charge in [-0.3, -0.25) is 28.6 Å². The van der Waals surface area contributed by atoms with Crippen molar-refractivity contribution in [1.29, 1.82) is 0 Å². The van der Waals surface area contributed by atoms with E-state index in [4.69, 9.17) is 4.74 Å². The predicted octanol–water partition coefficient (Wildman–Crippen LogP) is 2.46. The van der Waals surface area contributed by atoms with Crippen LogP contribution in [0.5, 0.6) is 0 Å². The van der Waals surface area contributed by atoms with Crippen LogP contribution in [0, 0.1) is 0 Å². The first kappa shape index (κ1) is 25.0. The molecule has 0 bridgehead atoms. The van der Waals surface area contributed by atoms with Gasteiger partial charge in [-0.25, -0.2) is 14.8 Å². The van der Waals surface area contributed by atoms with E-state index in [2.05, 4.69) is 19.9 Å². The third-order valence-corrected chi connectivity index (χ3v) is 5.73. The minimum absolute atomic E-state index is 0.246. The number of nitrogens with zero attached hydrogens (tertiary/aromatic N) is 6. The van der Waals surface area contributed by atoms with Gasteiger partial charge in [0.1, 0.15) is 17.2 Å². The number of ether oxygens (including phenoxy) is 1. The number of methoxy groups -OCH3 is 1. The largest absolute Gasteiger partial charge is 0.383 e.